The summed E-state index contributed by atoms with van der Waals surface area (Å²) in [5, 5.41) is 23.5. The van der Waals surface area contributed by atoms with E-state index in [1.54, 1.807) is 44.2 Å². The largest absolute Gasteiger partial charge is 0.508 e. The number of thioether (sulfide) groups is 1. The van der Waals surface area contributed by atoms with Crippen LogP contribution in [0.25, 0.3) is 0 Å². The van der Waals surface area contributed by atoms with Crippen LogP contribution in [0.4, 0.5) is 13.2 Å². The van der Waals surface area contributed by atoms with Crippen LogP contribution in [0, 0.1) is 6.92 Å². The average Bonchev–Trinajstić information content (AvgIpc) is 3.04. The Hall–Kier alpha value is -3.77. The molecule has 3 amide bonds. The van der Waals surface area contributed by atoms with Crippen molar-refractivity contribution in [3.05, 3.63) is 90.0 Å². The molecule has 0 spiro atoms. The van der Waals surface area contributed by atoms with Crippen LogP contribution in [0.15, 0.2) is 73.3 Å². The molecule has 1 unspecified atom stereocenters. The second kappa shape index (κ2) is 13.7. The van der Waals surface area contributed by atoms with Crippen molar-refractivity contribution in [2.75, 3.05) is 12.4 Å². The lowest BCUT2D eigenvalue weighted by atomic mass is 9.98. The van der Waals surface area contributed by atoms with Crippen LogP contribution in [-0.2, 0) is 16.0 Å². The summed E-state index contributed by atoms with van der Waals surface area (Å²) < 4.78 is 37.9. The fraction of sp³-hybridized carbons (Fsp3) is 0.345. The molecule has 0 radical (unpaired) electrons. The number of carbonyl (C=O) groups excluding carboxylic acids is 3. The van der Waals surface area contributed by atoms with Gasteiger partial charge in [-0.1, -0.05) is 48.6 Å². The van der Waals surface area contributed by atoms with Gasteiger partial charge < -0.3 is 25.3 Å². The van der Waals surface area contributed by atoms with E-state index < -0.39 is 47.5 Å². The maximum absolute atomic E-state index is 13.7. The molecular weight excluding hydrogens is 559 g/mol. The zero-order valence-corrected chi connectivity index (χ0v) is 23.4. The summed E-state index contributed by atoms with van der Waals surface area (Å²) in [7, 11) is 0. The van der Waals surface area contributed by atoms with Crippen molar-refractivity contribution >= 4 is 29.5 Å². The Morgan fingerprint density at radius 3 is 2.51 bits per heavy atom. The Labute approximate surface area is 240 Å². The fourth-order valence-corrected chi connectivity index (χ4v) is 5.41. The normalized spacial score (nSPS) is 19.5. The topological polar surface area (TPSA) is 110 Å². The number of rotatable bonds is 9. The second-order valence-electron chi connectivity index (χ2n) is 9.48. The zero-order chi connectivity index (χ0) is 30.3. The van der Waals surface area contributed by atoms with E-state index in [4.69, 9.17) is 0 Å². The quantitative estimate of drug-likeness (QED) is 0.383. The van der Waals surface area contributed by atoms with E-state index in [9.17, 15) is 37.8 Å². The number of benzene rings is 2. The molecule has 2 aromatic rings. The molecule has 1 saturated heterocycles. The molecule has 3 N–H and O–H groups in total. The Kier molecular flexibility index (Phi) is 10.6. The highest BCUT2D eigenvalue weighted by Crippen LogP contribution is 2.27. The maximum atomic E-state index is 13.7. The molecule has 220 valence electrons. The van der Waals surface area contributed by atoms with Crippen LogP contribution in [0.5, 0.6) is 5.75 Å². The summed E-state index contributed by atoms with van der Waals surface area (Å²) in [4.78, 5) is 42.5. The van der Waals surface area contributed by atoms with Gasteiger partial charge in [0.25, 0.3) is 17.7 Å². The van der Waals surface area contributed by atoms with Crippen LogP contribution in [0.1, 0.15) is 28.4 Å². The van der Waals surface area contributed by atoms with Gasteiger partial charge in [-0.2, -0.15) is 13.2 Å². The highest BCUT2D eigenvalue weighted by Gasteiger charge is 2.40. The average molecular weight is 592 g/mol. The van der Waals surface area contributed by atoms with Crippen molar-refractivity contribution in [3.8, 4) is 5.75 Å². The number of phenols is 1. The van der Waals surface area contributed by atoms with Crippen LogP contribution in [-0.4, -0.2) is 79.9 Å². The summed E-state index contributed by atoms with van der Waals surface area (Å²) in [6, 6.07) is 10.9. The Morgan fingerprint density at radius 2 is 1.88 bits per heavy atom. The first-order valence-electron chi connectivity index (χ1n) is 12.7. The molecule has 1 heterocycles. The van der Waals surface area contributed by atoms with Gasteiger partial charge in [0.05, 0.1) is 17.3 Å². The summed E-state index contributed by atoms with van der Waals surface area (Å²) in [6.07, 6.45) is -4.19. The predicted molar refractivity (Wildman–Crippen MR) is 150 cm³/mol. The number of alkyl halides is 3. The van der Waals surface area contributed by atoms with Gasteiger partial charge in [0.1, 0.15) is 11.8 Å². The first kappa shape index (κ1) is 31.8. The lowest BCUT2D eigenvalue weighted by Gasteiger charge is -2.32. The standard InChI is InChI=1S/C29H32F3N3O5S/c1-4-23-27(39)34(15-9-14-29(30,31)32)19(3)41-17-35(23)28(40)25(37)22(16-20-10-6-5-7-11-20)33-26(38)21-12-8-13-24(36)18(21)2/h4-14,19,22-23,25,36-37H,1,15-17H2,2-3H3,(H,33,38)/b14-9+/t19?,22-,23-,25-/m0/s1. The molecule has 0 aromatic heterocycles. The molecule has 41 heavy (non-hydrogen) atoms. The molecular formula is C29H32F3N3O5S. The molecule has 4 atom stereocenters. The minimum absolute atomic E-state index is 0.0448. The van der Waals surface area contributed by atoms with Gasteiger partial charge in [-0.3, -0.25) is 14.4 Å². The Morgan fingerprint density at radius 1 is 1.20 bits per heavy atom. The minimum Gasteiger partial charge on any atom is -0.508 e. The molecule has 1 aliphatic rings. The van der Waals surface area contributed by atoms with E-state index in [0.717, 1.165) is 28.3 Å². The van der Waals surface area contributed by atoms with Crippen molar-refractivity contribution in [1.82, 2.24) is 15.1 Å². The number of hydrogen-bond acceptors (Lipinski definition) is 6. The van der Waals surface area contributed by atoms with Crippen molar-refractivity contribution in [3.63, 3.8) is 0 Å². The summed E-state index contributed by atoms with van der Waals surface area (Å²) in [5.74, 6) is -2.28. The van der Waals surface area contributed by atoms with Crippen LogP contribution >= 0.6 is 11.8 Å². The monoisotopic (exact) mass is 591 g/mol. The van der Waals surface area contributed by atoms with Crippen LogP contribution < -0.4 is 5.32 Å². The first-order chi connectivity index (χ1) is 19.3. The van der Waals surface area contributed by atoms with Gasteiger partial charge in [-0.15, -0.1) is 18.3 Å². The smallest absolute Gasteiger partial charge is 0.409 e. The highest BCUT2D eigenvalue weighted by molar-refractivity contribution is 7.99. The van der Waals surface area contributed by atoms with E-state index in [-0.39, 0.29) is 36.2 Å². The number of phenolic OH excluding ortho intramolecular Hbond substituents is 1. The number of aliphatic hydroxyl groups is 1. The summed E-state index contributed by atoms with van der Waals surface area (Å²) in [5.41, 5.74) is 1.19. The van der Waals surface area contributed by atoms with Crippen molar-refractivity contribution in [2.24, 2.45) is 0 Å². The number of nitrogens with one attached hydrogen (secondary N) is 1. The molecule has 1 fully saturated rings. The van der Waals surface area contributed by atoms with Crippen LogP contribution in [0.2, 0.25) is 0 Å². The van der Waals surface area contributed by atoms with Crippen molar-refractivity contribution < 1.29 is 37.8 Å². The number of nitrogens with zero attached hydrogens (tertiary/aromatic N) is 2. The summed E-state index contributed by atoms with van der Waals surface area (Å²) >= 11 is 1.13. The molecule has 0 bridgehead atoms. The third-order valence-corrected chi connectivity index (χ3v) is 7.84. The molecule has 0 saturated carbocycles. The number of amides is 3. The third-order valence-electron chi connectivity index (χ3n) is 6.68. The Balaban J connectivity index is 1.88. The maximum Gasteiger partial charge on any atom is 0.409 e. The van der Waals surface area contributed by atoms with Crippen molar-refractivity contribution in [2.45, 2.75) is 50.0 Å². The van der Waals surface area contributed by atoms with E-state index in [1.165, 1.54) is 29.2 Å². The van der Waals surface area contributed by atoms with Crippen molar-refractivity contribution in [1.29, 1.82) is 0 Å². The van der Waals surface area contributed by atoms with Gasteiger partial charge >= 0.3 is 6.18 Å². The van der Waals surface area contributed by atoms with Gasteiger partial charge in [0, 0.05) is 23.7 Å². The second-order valence-corrected chi connectivity index (χ2v) is 10.8. The molecule has 3 rings (SSSR count). The third kappa shape index (κ3) is 8.14. The molecule has 12 heteroatoms. The highest BCUT2D eigenvalue weighted by atomic mass is 32.2. The van der Waals surface area contributed by atoms with E-state index in [2.05, 4.69) is 11.9 Å². The first-order valence-corrected chi connectivity index (χ1v) is 13.8. The number of hydrogen-bond donors (Lipinski definition) is 3. The van der Waals surface area contributed by atoms with E-state index in [0.29, 0.717) is 5.56 Å². The SMILES string of the molecule is C=C[C@H]1C(=O)N(C/C=C/C(F)(F)F)C(C)SCN1C(=O)[C@@H](O)[C@H](Cc1ccccc1)NC(=O)c1cccc(O)c1C. The number of aliphatic hydroxyl groups excluding tert-OH is 1. The minimum atomic E-state index is -4.54. The van der Waals surface area contributed by atoms with E-state index in [1.807, 2.05) is 0 Å². The molecule has 1 aliphatic heterocycles. The number of halogens is 3. The predicted octanol–water partition coefficient (Wildman–Crippen LogP) is 3.78. The van der Waals surface area contributed by atoms with E-state index >= 15 is 0 Å². The number of allylic oxidation sites excluding steroid dienone is 1. The molecule has 0 aliphatic carbocycles. The molecule has 8 nitrogen and oxygen atoms in total. The van der Waals surface area contributed by atoms with Gasteiger partial charge in [0.2, 0.25) is 0 Å². The Bertz CT molecular complexity index is 1290. The number of carbonyl (C=O) groups is 3. The molecule has 2 aromatic carbocycles. The van der Waals surface area contributed by atoms with Gasteiger partial charge in [-0.25, -0.2) is 0 Å². The van der Waals surface area contributed by atoms with Gasteiger partial charge in [0.15, 0.2) is 6.10 Å². The van der Waals surface area contributed by atoms with Crippen LogP contribution in [0.3, 0.4) is 0 Å². The fourth-order valence-electron chi connectivity index (χ4n) is 4.38. The zero-order valence-electron chi connectivity index (χ0n) is 22.5. The lowest BCUT2D eigenvalue weighted by Crippen LogP contribution is -2.56. The van der Waals surface area contributed by atoms with Gasteiger partial charge in [-0.05, 0) is 38.0 Å². The summed E-state index contributed by atoms with van der Waals surface area (Å²) in [6.45, 7) is 6.50. The number of aromatic hydroxyl groups is 1. The lowest BCUT2D eigenvalue weighted by molar-refractivity contribution is -0.148.